The third-order valence-corrected chi connectivity index (χ3v) is 8.89. The molecule has 1 N–H and O–H groups in total. The number of esters is 1. The molecule has 1 aromatic carbocycles. The van der Waals surface area contributed by atoms with Crippen LogP contribution in [0.4, 0.5) is 15.3 Å². The summed E-state index contributed by atoms with van der Waals surface area (Å²) in [6.07, 6.45) is 8.25. The highest BCUT2D eigenvalue weighted by Crippen LogP contribution is 2.33. The van der Waals surface area contributed by atoms with Crippen LogP contribution in [0.25, 0.3) is 0 Å². The van der Waals surface area contributed by atoms with Crippen molar-refractivity contribution < 1.29 is 28.6 Å². The molecule has 4 fully saturated rings. The number of hydrogen-bond acceptors (Lipinski definition) is 7. The lowest BCUT2D eigenvalue weighted by Gasteiger charge is -2.34. The summed E-state index contributed by atoms with van der Waals surface area (Å²) < 4.78 is 15.9. The lowest BCUT2D eigenvalue weighted by molar-refractivity contribution is -0.175. The van der Waals surface area contributed by atoms with Gasteiger partial charge in [0.1, 0.15) is 6.10 Å². The number of hydrogen-bond donors (Lipinski definition) is 1. The summed E-state index contributed by atoms with van der Waals surface area (Å²) >= 11 is 0. The molecule has 2 aliphatic heterocycles. The second-order valence-electron chi connectivity index (χ2n) is 11.5. The van der Waals surface area contributed by atoms with Gasteiger partial charge in [-0.15, -0.1) is 0 Å². The largest absolute Gasteiger partial charge is 0.511 e. The van der Waals surface area contributed by atoms with Gasteiger partial charge in [-0.3, -0.25) is 9.69 Å². The number of nitrogens with one attached hydrogen (secondary N) is 1. The van der Waals surface area contributed by atoms with Crippen molar-refractivity contribution >= 4 is 23.8 Å². The first-order valence-corrected chi connectivity index (χ1v) is 14.9. The molecule has 0 bridgehead atoms. The molecule has 1 aromatic rings. The fourth-order valence-corrected chi connectivity index (χ4v) is 6.60. The molecular weight excluding hydrogens is 498 g/mol. The minimum atomic E-state index is -0.985. The molecule has 9 nitrogen and oxygen atoms in total. The topological polar surface area (TPSA) is 97.4 Å². The molecule has 2 saturated carbocycles. The fourth-order valence-electron chi connectivity index (χ4n) is 6.60. The van der Waals surface area contributed by atoms with Crippen LogP contribution in [0.15, 0.2) is 24.3 Å². The third kappa shape index (κ3) is 7.04. The number of rotatable bonds is 7. The van der Waals surface area contributed by atoms with E-state index < -0.39 is 12.4 Å². The van der Waals surface area contributed by atoms with Crippen LogP contribution in [0.1, 0.15) is 89.0 Å². The van der Waals surface area contributed by atoms with Gasteiger partial charge in [0.05, 0.1) is 5.92 Å². The number of amides is 2. The van der Waals surface area contributed by atoms with Crippen molar-refractivity contribution in [1.29, 1.82) is 0 Å². The van der Waals surface area contributed by atoms with Crippen LogP contribution in [-0.4, -0.2) is 67.7 Å². The van der Waals surface area contributed by atoms with Crippen LogP contribution < -0.4 is 10.2 Å². The molecule has 4 aliphatic rings. The van der Waals surface area contributed by atoms with Gasteiger partial charge in [0.2, 0.25) is 6.29 Å². The number of carbonyl (C=O) groups excluding carboxylic acids is 3. The van der Waals surface area contributed by atoms with E-state index in [0.717, 1.165) is 70.1 Å². The number of benzene rings is 1. The smallest absolute Gasteiger partial charge is 0.431 e. The Balaban J connectivity index is 1.05. The Morgan fingerprint density at radius 3 is 2.26 bits per heavy atom. The minimum absolute atomic E-state index is 0.0501. The summed E-state index contributed by atoms with van der Waals surface area (Å²) in [5.74, 6) is -0.00879. The van der Waals surface area contributed by atoms with Crippen LogP contribution in [0.2, 0.25) is 0 Å². The van der Waals surface area contributed by atoms with Gasteiger partial charge in [-0.2, -0.15) is 0 Å². The summed E-state index contributed by atoms with van der Waals surface area (Å²) in [5, 5.41) is 3.41. The van der Waals surface area contributed by atoms with Gasteiger partial charge >= 0.3 is 18.2 Å². The van der Waals surface area contributed by atoms with E-state index in [9.17, 15) is 14.4 Å². The van der Waals surface area contributed by atoms with Crippen LogP contribution in [0.3, 0.4) is 0 Å². The predicted molar refractivity (Wildman–Crippen MR) is 146 cm³/mol. The van der Waals surface area contributed by atoms with Crippen molar-refractivity contribution in [3.8, 4) is 0 Å². The second kappa shape index (κ2) is 13.0. The van der Waals surface area contributed by atoms with Crippen molar-refractivity contribution in [2.75, 3.05) is 31.1 Å². The first kappa shape index (κ1) is 27.7. The lowest BCUT2D eigenvalue weighted by atomic mass is 9.85. The van der Waals surface area contributed by atoms with Crippen LogP contribution in [0, 0.1) is 5.92 Å². The van der Waals surface area contributed by atoms with Gasteiger partial charge in [-0.05, 0) is 101 Å². The number of nitrogens with zero attached hydrogens (tertiary/aromatic N) is 2. The van der Waals surface area contributed by atoms with Gasteiger partial charge in [0.25, 0.3) is 0 Å². The number of urea groups is 1. The Morgan fingerprint density at radius 1 is 0.872 bits per heavy atom. The second-order valence-corrected chi connectivity index (χ2v) is 11.5. The molecule has 214 valence electrons. The van der Waals surface area contributed by atoms with E-state index in [1.165, 1.54) is 12.0 Å². The molecular formula is C30H43N3O6. The van der Waals surface area contributed by atoms with Gasteiger partial charge in [-0.1, -0.05) is 18.6 Å². The molecule has 1 atom stereocenters. The summed E-state index contributed by atoms with van der Waals surface area (Å²) in [6.45, 7) is 5.05. The average Bonchev–Trinajstić information content (AvgIpc) is 3.35. The van der Waals surface area contributed by atoms with Crippen molar-refractivity contribution in [1.82, 2.24) is 10.2 Å². The predicted octanol–water partition coefficient (Wildman–Crippen LogP) is 5.33. The maximum atomic E-state index is 13.3. The zero-order valence-corrected chi connectivity index (χ0v) is 23.1. The van der Waals surface area contributed by atoms with Gasteiger partial charge < -0.3 is 24.4 Å². The first-order valence-electron chi connectivity index (χ1n) is 14.9. The van der Waals surface area contributed by atoms with Gasteiger partial charge in [-0.25, -0.2) is 9.59 Å². The highest BCUT2D eigenvalue weighted by atomic mass is 16.8. The zero-order valence-electron chi connectivity index (χ0n) is 23.1. The van der Waals surface area contributed by atoms with Crippen LogP contribution in [0.5, 0.6) is 0 Å². The maximum Gasteiger partial charge on any atom is 0.511 e. The van der Waals surface area contributed by atoms with E-state index in [2.05, 4.69) is 29.6 Å². The normalized spacial score (nSPS) is 25.8. The summed E-state index contributed by atoms with van der Waals surface area (Å²) in [6, 6.07) is 8.70. The Labute approximate surface area is 231 Å². The van der Waals surface area contributed by atoms with Crippen molar-refractivity contribution in [2.24, 2.45) is 5.92 Å². The van der Waals surface area contributed by atoms with E-state index in [4.69, 9.17) is 14.2 Å². The lowest BCUT2D eigenvalue weighted by Crippen LogP contribution is -2.42. The average molecular weight is 542 g/mol. The van der Waals surface area contributed by atoms with E-state index >= 15 is 0 Å². The Morgan fingerprint density at radius 2 is 1.56 bits per heavy atom. The number of ether oxygens (including phenoxy) is 3. The number of piperidine rings is 1. The molecule has 0 radical (unpaired) electrons. The van der Waals surface area contributed by atoms with Crippen LogP contribution in [-0.2, 0) is 19.0 Å². The third-order valence-electron chi connectivity index (χ3n) is 8.89. The zero-order chi connectivity index (χ0) is 27.2. The molecule has 2 amide bonds. The Kier molecular flexibility index (Phi) is 9.27. The standard InChI is InChI=1S/C30H43N3O6/c1-21(38-30(36)39-27-5-3-2-4-6-27)37-28(34)24-9-13-26(14-10-24)33-20-19-32(29(33)35)25-11-7-22(8-12-25)23-15-17-31-18-16-23/h7-8,11-12,21,23-24,26-27,31H,2-6,9-10,13-20H2,1H3/t21?,24-,26-. The monoisotopic (exact) mass is 541 g/mol. The molecule has 0 spiro atoms. The van der Waals surface area contributed by atoms with E-state index in [-0.39, 0.29) is 30.1 Å². The van der Waals surface area contributed by atoms with Crippen molar-refractivity contribution in [3.05, 3.63) is 29.8 Å². The molecule has 9 heteroatoms. The van der Waals surface area contributed by atoms with E-state index in [1.54, 1.807) is 6.92 Å². The quantitative estimate of drug-likeness (QED) is 0.368. The minimum Gasteiger partial charge on any atom is -0.431 e. The number of anilines is 1. The van der Waals surface area contributed by atoms with Crippen LogP contribution >= 0.6 is 0 Å². The van der Waals surface area contributed by atoms with Gasteiger partial charge in [0.15, 0.2) is 0 Å². The molecule has 5 rings (SSSR count). The molecule has 39 heavy (non-hydrogen) atoms. The fraction of sp³-hybridized carbons (Fsp3) is 0.700. The molecule has 0 aromatic heterocycles. The summed E-state index contributed by atoms with van der Waals surface area (Å²) in [5.41, 5.74) is 2.31. The molecule has 2 aliphatic carbocycles. The van der Waals surface area contributed by atoms with Crippen molar-refractivity contribution in [3.63, 3.8) is 0 Å². The Bertz CT molecular complexity index is 981. The molecule has 2 saturated heterocycles. The highest BCUT2D eigenvalue weighted by molar-refractivity contribution is 5.94. The van der Waals surface area contributed by atoms with E-state index in [1.807, 2.05) is 9.80 Å². The first-order chi connectivity index (χ1) is 19.0. The van der Waals surface area contributed by atoms with E-state index in [0.29, 0.717) is 31.8 Å². The maximum absolute atomic E-state index is 13.3. The summed E-state index contributed by atoms with van der Waals surface area (Å²) in [4.78, 5) is 41.9. The molecule has 1 unspecified atom stereocenters. The van der Waals surface area contributed by atoms with Crippen molar-refractivity contribution in [2.45, 2.75) is 102 Å². The number of carbonyl (C=O) groups is 3. The SMILES string of the molecule is CC(OC(=O)OC1CCCCC1)OC(=O)[C@H]1CC[C@H](N2CCN(c3ccc(C4CCNCC4)cc3)C2=O)CC1. The molecule has 2 heterocycles. The highest BCUT2D eigenvalue weighted by Gasteiger charge is 2.38. The summed E-state index contributed by atoms with van der Waals surface area (Å²) in [7, 11) is 0. The van der Waals surface area contributed by atoms with Gasteiger partial charge in [0, 0.05) is 31.7 Å². The Hall–Kier alpha value is -2.81.